The SMILES string of the molecule is COCCNC(=O)CN1C(=O)CS[C@@H](c2ccc(F)cc2F)c2c(C(C)(C)C)nn(-c3ccc(OC)cc3)c21. The predicted molar refractivity (Wildman–Crippen MR) is 147 cm³/mol. The van der Waals surface area contributed by atoms with E-state index in [4.69, 9.17) is 14.6 Å². The van der Waals surface area contributed by atoms with E-state index in [0.717, 1.165) is 6.07 Å². The van der Waals surface area contributed by atoms with Crippen LogP contribution in [0.4, 0.5) is 14.6 Å². The first-order valence-electron chi connectivity index (χ1n) is 12.5. The molecular formula is C28H32F2N4O4S. The molecule has 0 aliphatic carbocycles. The van der Waals surface area contributed by atoms with Crippen LogP contribution in [0, 0.1) is 11.6 Å². The number of aromatic nitrogens is 2. The Morgan fingerprint density at radius 1 is 1.15 bits per heavy atom. The van der Waals surface area contributed by atoms with Crippen LogP contribution >= 0.6 is 11.8 Å². The Morgan fingerprint density at radius 2 is 1.87 bits per heavy atom. The Balaban J connectivity index is 1.97. The summed E-state index contributed by atoms with van der Waals surface area (Å²) in [4.78, 5) is 27.9. The fourth-order valence-corrected chi connectivity index (χ4v) is 5.65. The molecular weight excluding hydrogens is 526 g/mol. The van der Waals surface area contributed by atoms with Crippen LogP contribution < -0.4 is 15.0 Å². The maximum atomic E-state index is 15.2. The number of methoxy groups -OCH3 is 2. The molecule has 2 amide bonds. The molecule has 0 fully saturated rings. The summed E-state index contributed by atoms with van der Waals surface area (Å²) in [5.74, 6) is -1.12. The molecule has 1 atom stereocenters. The van der Waals surface area contributed by atoms with Crippen molar-refractivity contribution in [1.82, 2.24) is 15.1 Å². The lowest BCUT2D eigenvalue weighted by molar-refractivity contribution is -0.123. The highest BCUT2D eigenvalue weighted by molar-refractivity contribution is 8.00. The van der Waals surface area contributed by atoms with E-state index in [1.54, 1.807) is 36.1 Å². The normalized spacial score (nSPS) is 15.6. The van der Waals surface area contributed by atoms with Crippen molar-refractivity contribution < 1.29 is 27.8 Å². The van der Waals surface area contributed by atoms with E-state index in [2.05, 4.69) is 5.32 Å². The van der Waals surface area contributed by atoms with Gasteiger partial charge in [-0.3, -0.25) is 14.5 Å². The lowest BCUT2D eigenvalue weighted by Gasteiger charge is -2.24. The monoisotopic (exact) mass is 558 g/mol. The number of hydrogen-bond donors (Lipinski definition) is 1. The summed E-state index contributed by atoms with van der Waals surface area (Å²) in [5, 5.41) is 7.03. The van der Waals surface area contributed by atoms with Crippen LogP contribution in [0.5, 0.6) is 5.75 Å². The summed E-state index contributed by atoms with van der Waals surface area (Å²) in [6, 6.07) is 10.6. The van der Waals surface area contributed by atoms with Crippen molar-refractivity contribution in [3.05, 3.63) is 70.9 Å². The van der Waals surface area contributed by atoms with Crippen LogP contribution in [0.1, 0.15) is 42.8 Å². The van der Waals surface area contributed by atoms with Gasteiger partial charge in [-0.2, -0.15) is 5.10 Å². The number of ether oxygens (including phenoxy) is 2. The zero-order valence-electron chi connectivity index (χ0n) is 22.6. The van der Waals surface area contributed by atoms with Gasteiger partial charge in [0.05, 0.1) is 36.1 Å². The van der Waals surface area contributed by atoms with Crippen LogP contribution in [-0.4, -0.2) is 61.3 Å². The van der Waals surface area contributed by atoms with Gasteiger partial charge in [-0.1, -0.05) is 26.8 Å². The summed E-state index contributed by atoms with van der Waals surface area (Å²) in [7, 11) is 3.10. The van der Waals surface area contributed by atoms with Gasteiger partial charge < -0.3 is 14.8 Å². The molecule has 2 heterocycles. The smallest absolute Gasteiger partial charge is 0.240 e. The summed E-state index contributed by atoms with van der Waals surface area (Å²) in [6.07, 6.45) is 0. The van der Waals surface area contributed by atoms with Crippen LogP contribution in [0.2, 0.25) is 0 Å². The highest BCUT2D eigenvalue weighted by Crippen LogP contribution is 2.49. The van der Waals surface area contributed by atoms with Gasteiger partial charge in [0.15, 0.2) is 0 Å². The number of fused-ring (bicyclic) bond motifs is 1. The molecule has 208 valence electrons. The van der Waals surface area contributed by atoms with Crippen LogP contribution in [0.15, 0.2) is 42.5 Å². The molecule has 0 spiro atoms. The quantitative estimate of drug-likeness (QED) is 0.413. The minimum Gasteiger partial charge on any atom is -0.497 e. The van der Waals surface area contributed by atoms with E-state index < -0.39 is 22.3 Å². The molecule has 3 aromatic rings. The third kappa shape index (κ3) is 6.09. The van der Waals surface area contributed by atoms with Crippen molar-refractivity contribution in [1.29, 1.82) is 0 Å². The van der Waals surface area contributed by atoms with Crippen molar-refractivity contribution in [2.75, 3.05) is 44.6 Å². The number of carbonyl (C=O) groups is 2. The minimum absolute atomic E-state index is 0.0201. The molecule has 1 aromatic heterocycles. The van der Waals surface area contributed by atoms with Gasteiger partial charge in [0.25, 0.3) is 0 Å². The number of halogens is 2. The number of hydrogen-bond acceptors (Lipinski definition) is 6. The lowest BCUT2D eigenvalue weighted by atomic mass is 9.87. The summed E-state index contributed by atoms with van der Waals surface area (Å²) < 4.78 is 41.0. The Kier molecular flexibility index (Phi) is 8.60. The molecule has 0 unspecified atom stereocenters. The highest BCUT2D eigenvalue weighted by Gasteiger charge is 2.40. The van der Waals surface area contributed by atoms with Gasteiger partial charge in [-0.15, -0.1) is 11.8 Å². The van der Waals surface area contributed by atoms with E-state index in [0.29, 0.717) is 35.1 Å². The molecule has 39 heavy (non-hydrogen) atoms. The van der Waals surface area contributed by atoms with Crippen molar-refractivity contribution in [2.45, 2.75) is 31.4 Å². The molecule has 0 saturated carbocycles. The number of thioether (sulfide) groups is 1. The van der Waals surface area contributed by atoms with Crippen LogP contribution in [0.3, 0.4) is 0 Å². The fraction of sp³-hybridized carbons (Fsp3) is 0.393. The largest absolute Gasteiger partial charge is 0.497 e. The van der Waals surface area contributed by atoms with Crippen LogP contribution in [-0.2, 0) is 19.7 Å². The second kappa shape index (κ2) is 11.7. The van der Waals surface area contributed by atoms with Gasteiger partial charge in [0.1, 0.15) is 29.7 Å². The molecule has 1 aliphatic heterocycles. The topological polar surface area (TPSA) is 85.7 Å². The number of carbonyl (C=O) groups excluding carboxylic acids is 2. The minimum atomic E-state index is -0.714. The lowest BCUT2D eigenvalue weighted by Crippen LogP contribution is -2.43. The Hall–Kier alpha value is -3.44. The first kappa shape index (κ1) is 28.6. The van der Waals surface area contributed by atoms with Crippen molar-refractivity contribution in [3.8, 4) is 11.4 Å². The average Bonchev–Trinajstić information content (AvgIpc) is 3.23. The van der Waals surface area contributed by atoms with Crippen molar-refractivity contribution in [2.24, 2.45) is 0 Å². The Labute approximate surface area is 230 Å². The second-order valence-corrected chi connectivity index (χ2v) is 11.2. The van der Waals surface area contributed by atoms with E-state index in [1.165, 1.54) is 35.9 Å². The highest BCUT2D eigenvalue weighted by atomic mass is 32.2. The fourth-order valence-electron chi connectivity index (χ4n) is 4.43. The molecule has 1 aliphatic rings. The maximum absolute atomic E-state index is 15.2. The zero-order valence-corrected chi connectivity index (χ0v) is 23.4. The molecule has 0 bridgehead atoms. The number of amides is 2. The Bertz CT molecular complexity index is 1350. The number of anilines is 1. The van der Waals surface area contributed by atoms with Gasteiger partial charge in [0.2, 0.25) is 11.8 Å². The summed E-state index contributed by atoms with van der Waals surface area (Å²) in [5.41, 5.74) is 1.59. The Morgan fingerprint density at radius 3 is 2.49 bits per heavy atom. The van der Waals surface area contributed by atoms with Crippen LogP contribution in [0.25, 0.3) is 5.69 Å². The second-order valence-electron chi connectivity index (χ2n) is 10.1. The third-order valence-electron chi connectivity index (χ3n) is 6.29. The van der Waals surface area contributed by atoms with E-state index in [1.807, 2.05) is 20.8 Å². The average molecular weight is 559 g/mol. The molecule has 0 radical (unpaired) electrons. The molecule has 4 rings (SSSR count). The molecule has 2 aromatic carbocycles. The van der Waals surface area contributed by atoms with Crippen molar-refractivity contribution in [3.63, 3.8) is 0 Å². The first-order chi connectivity index (χ1) is 18.5. The first-order valence-corrected chi connectivity index (χ1v) is 13.5. The predicted octanol–water partition coefficient (Wildman–Crippen LogP) is 4.39. The molecule has 11 heteroatoms. The van der Waals surface area contributed by atoms with E-state index >= 15 is 4.39 Å². The van der Waals surface area contributed by atoms with E-state index in [9.17, 15) is 14.0 Å². The third-order valence-corrected chi connectivity index (χ3v) is 7.53. The van der Waals surface area contributed by atoms with Gasteiger partial charge >= 0.3 is 0 Å². The zero-order chi connectivity index (χ0) is 28.3. The molecule has 1 N–H and O–H groups in total. The van der Waals surface area contributed by atoms with E-state index in [-0.39, 0.29) is 36.2 Å². The summed E-state index contributed by atoms with van der Waals surface area (Å²) >= 11 is 1.23. The number of benzene rings is 2. The molecule has 8 nitrogen and oxygen atoms in total. The van der Waals surface area contributed by atoms with Gasteiger partial charge in [-0.25, -0.2) is 13.5 Å². The maximum Gasteiger partial charge on any atom is 0.240 e. The van der Waals surface area contributed by atoms with Gasteiger partial charge in [0, 0.05) is 36.3 Å². The van der Waals surface area contributed by atoms with Gasteiger partial charge in [-0.05, 0) is 30.3 Å². The number of rotatable bonds is 8. The number of nitrogens with one attached hydrogen (secondary N) is 1. The number of nitrogens with zero attached hydrogens (tertiary/aromatic N) is 3. The van der Waals surface area contributed by atoms with Crippen molar-refractivity contribution >= 4 is 29.4 Å². The molecule has 0 saturated heterocycles. The summed E-state index contributed by atoms with van der Waals surface area (Å²) in [6.45, 7) is 6.28. The standard InChI is InChI=1S/C28H32F2N4O4S/c1-28(2,3)26-24-25(20-11-6-17(29)14-21(20)30)39-16-23(36)33(15-22(35)31-12-13-37-4)27(24)34(32-26)18-7-9-19(38-5)10-8-18/h6-11,14,25H,12-13,15-16H2,1-5H3,(H,31,35)/t25-/m0/s1.